The van der Waals surface area contributed by atoms with Crippen LogP contribution in [0.2, 0.25) is 0 Å². The maximum atomic E-state index is 11.3. The standard InChI is InChI=1S/C13H25NO2S/c1-13(2)4-3-12(15)11(9-13)10-14-5-7-17(16)8-6-14/h11-12,15H,3-10H2,1-2H3. The van der Waals surface area contributed by atoms with Crippen molar-refractivity contribution < 1.29 is 9.32 Å². The normalized spacial score (nSPS) is 35.9. The highest BCUT2D eigenvalue weighted by atomic mass is 32.2. The van der Waals surface area contributed by atoms with Gasteiger partial charge in [-0.15, -0.1) is 0 Å². The molecular weight excluding hydrogens is 234 g/mol. The lowest BCUT2D eigenvalue weighted by molar-refractivity contribution is 0.00548. The van der Waals surface area contributed by atoms with Gasteiger partial charge in [-0.25, -0.2) is 0 Å². The third kappa shape index (κ3) is 3.76. The molecule has 3 nitrogen and oxygen atoms in total. The number of aliphatic hydroxyl groups excluding tert-OH is 1. The van der Waals surface area contributed by atoms with E-state index in [1.165, 1.54) is 0 Å². The van der Waals surface area contributed by atoms with Gasteiger partial charge in [0, 0.05) is 41.9 Å². The number of nitrogens with zero attached hydrogens (tertiary/aromatic N) is 1. The van der Waals surface area contributed by atoms with Crippen LogP contribution in [-0.4, -0.2) is 51.5 Å². The number of aliphatic hydroxyl groups is 1. The van der Waals surface area contributed by atoms with Crippen molar-refractivity contribution in [3.63, 3.8) is 0 Å². The fourth-order valence-corrected chi connectivity index (χ4v) is 4.23. The molecule has 2 fully saturated rings. The molecule has 1 saturated carbocycles. The summed E-state index contributed by atoms with van der Waals surface area (Å²) in [5.74, 6) is 2.03. The second kappa shape index (κ2) is 5.37. The van der Waals surface area contributed by atoms with Crippen LogP contribution in [0.25, 0.3) is 0 Å². The Morgan fingerprint density at radius 2 is 2.00 bits per heavy atom. The van der Waals surface area contributed by atoms with Gasteiger partial charge in [0.05, 0.1) is 6.10 Å². The molecule has 2 aliphatic rings. The highest BCUT2D eigenvalue weighted by molar-refractivity contribution is 7.85. The minimum atomic E-state index is -0.596. The third-order valence-corrected chi connectivity index (χ3v) is 5.51. The van der Waals surface area contributed by atoms with Gasteiger partial charge in [0.2, 0.25) is 0 Å². The molecule has 2 rings (SSSR count). The van der Waals surface area contributed by atoms with Crippen molar-refractivity contribution in [2.45, 2.75) is 39.2 Å². The fraction of sp³-hybridized carbons (Fsp3) is 1.00. The number of rotatable bonds is 2. The van der Waals surface area contributed by atoms with Gasteiger partial charge in [0.1, 0.15) is 0 Å². The monoisotopic (exact) mass is 259 g/mol. The topological polar surface area (TPSA) is 40.5 Å². The molecule has 0 spiro atoms. The Bertz CT molecular complexity index is 283. The largest absolute Gasteiger partial charge is 0.393 e. The quantitative estimate of drug-likeness (QED) is 0.811. The lowest BCUT2D eigenvalue weighted by Gasteiger charge is -2.41. The van der Waals surface area contributed by atoms with Gasteiger partial charge in [-0.05, 0) is 30.6 Å². The molecule has 0 radical (unpaired) electrons. The van der Waals surface area contributed by atoms with E-state index in [2.05, 4.69) is 18.7 Å². The van der Waals surface area contributed by atoms with E-state index in [1.807, 2.05) is 0 Å². The Morgan fingerprint density at radius 1 is 1.35 bits per heavy atom. The first kappa shape index (κ1) is 13.5. The Labute approximate surface area is 107 Å². The van der Waals surface area contributed by atoms with Crippen LogP contribution in [0, 0.1) is 11.3 Å². The molecule has 1 heterocycles. The summed E-state index contributed by atoms with van der Waals surface area (Å²) >= 11 is 0. The molecule has 1 aliphatic carbocycles. The summed E-state index contributed by atoms with van der Waals surface area (Å²) < 4.78 is 11.3. The first-order valence-electron chi connectivity index (χ1n) is 6.72. The van der Waals surface area contributed by atoms with Crippen molar-refractivity contribution in [1.82, 2.24) is 4.90 Å². The highest BCUT2D eigenvalue weighted by Gasteiger charge is 2.35. The van der Waals surface area contributed by atoms with E-state index >= 15 is 0 Å². The van der Waals surface area contributed by atoms with E-state index < -0.39 is 10.8 Å². The van der Waals surface area contributed by atoms with Gasteiger partial charge >= 0.3 is 0 Å². The molecule has 17 heavy (non-hydrogen) atoms. The first-order chi connectivity index (χ1) is 7.96. The molecule has 4 heteroatoms. The average molecular weight is 259 g/mol. The molecule has 0 amide bonds. The molecule has 1 N–H and O–H groups in total. The van der Waals surface area contributed by atoms with Gasteiger partial charge in [-0.3, -0.25) is 4.21 Å². The molecule has 1 aliphatic heterocycles. The molecular formula is C13H25NO2S. The van der Waals surface area contributed by atoms with Crippen LogP contribution >= 0.6 is 0 Å². The van der Waals surface area contributed by atoms with E-state index in [4.69, 9.17) is 0 Å². The maximum absolute atomic E-state index is 11.3. The second-order valence-corrected chi connectivity index (χ2v) is 8.08. The average Bonchev–Trinajstić information content (AvgIpc) is 2.26. The molecule has 1 saturated heterocycles. The Kier molecular flexibility index (Phi) is 4.26. The Hall–Kier alpha value is 0.0700. The van der Waals surface area contributed by atoms with E-state index in [1.54, 1.807) is 0 Å². The third-order valence-electron chi connectivity index (χ3n) is 4.24. The zero-order valence-electron chi connectivity index (χ0n) is 11.0. The van der Waals surface area contributed by atoms with Crippen molar-refractivity contribution in [2.75, 3.05) is 31.1 Å². The van der Waals surface area contributed by atoms with Crippen LogP contribution in [0.3, 0.4) is 0 Å². The lowest BCUT2D eigenvalue weighted by atomic mass is 9.71. The van der Waals surface area contributed by atoms with E-state index in [9.17, 15) is 9.32 Å². The van der Waals surface area contributed by atoms with Crippen molar-refractivity contribution in [1.29, 1.82) is 0 Å². The molecule has 0 aromatic heterocycles. The second-order valence-electron chi connectivity index (χ2n) is 6.38. The zero-order chi connectivity index (χ0) is 12.5. The summed E-state index contributed by atoms with van der Waals surface area (Å²) in [5.41, 5.74) is 0.377. The summed E-state index contributed by atoms with van der Waals surface area (Å²) in [6, 6.07) is 0. The number of hydrogen-bond donors (Lipinski definition) is 1. The molecule has 0 aromatic rings. The first-order valence-corrected chi connectivity index (χ1v) is 8.20. The zero-order valence-corrected chi connectivity index (χ0v) is 11.8. The van der Waals surface area contributed by atoms with Crippen molar-refractivity contribution in [3.05, 3.63) is 0 Å². The van der Waals surface area contributed by atoms with E-state index in [0.29, 0.717) is 11.3 Å². The van der Waals surface area contributed by atoms with Gasteiger partial charge in [-0.2, -0.15) is 0 Å². The Morgan fingerprint density at radius 3 is 2.65 bits per heavy atom. The van der Waals surface area contributed by atoms with E-state index in [0.717, 1.165) is 50.4 Å². The molecule has 100 valence electrons. The minimum Gasteiger partial charge on any atom is -0.393 e. The van der Waals surface area contributed by atoms with Gasteiger partial charge in [-0.1, -0.05) is 13.8 Å². The van der Waals surface area contributed by atoms with Crippen LogP contribution in [0.5, 0.6) is 0 Å². The minimum absolute atomic E-state index is 0.129. The Balaban J connectivity index is 1.86. The van der Waals surface area contributed by atoms with Crippen molar-refractivity contribution >= 4 is 10.8 Å². The van der Waals surface area contributed by atoms with Gasteiger partial charge < -0.3 is 10.0 Å². The number of hydrogen-bond acceptors (Lipinski definition) is 3. The molecule has 0 aromatic carbocycles. The van der Waals surface area contributed by atoms with Crippen LogP contribution in [-0.2, 0) is 10.8 Å². The SMILES string of the molecule is CC1(C)CCC(O)C(CN2CCS(=O)CC2)C1. The predicted octanol–water partition coefficient (Wildman–Crippen LogP) is 1.24. The summed E-state index contributed by atoms with van der Waals surface area (Å²) in [5, 5.41) is 10.1. The van der Waals surface area contributed by atoms with E-state index in [-0.39, 0.29) is 6.10 Å². The van der Waals surface area contributed by atoms with Gasteiger partial charge in [0.15, 0.2) is 0 Å². The molecule has 0 bridgehead atoms. The molecule has 2 unspecified atom stereocenters. The summed E-state index contributed by atoms with van der Waals surface area (Å²) in [4.78, 5) is 2.39. The highest BCUT2D eigenvalue weighted by Crippen LogP contribution is 2.39. The summed E-state index contributed by atoms with van der Waals surface area (Å²) in [6.07, 6.45) is 3.07. The molecule has 2 atom stereocenters. The fourth-order valence-electron chi connectivity index (χ4n) is 3.10. The van der Waals surface area contributed by atoms with Crippen LogP contribution in [0.15, 0.2) is 0 Å². The van der Waals surface area contributed by atoms with Crippen molar-refractivity contribution in [2.24, 2.45) is 11.3 Å². The van der Waals surface area contributed by atoms with Crippen LogP contribution in [0.4, 0.5) is 0 Å². The summed E-state index contributed by atoms with van der Waals surface area (Å²) in [7, 11) is -0.596. The van der Waals surface area contributed by atoms with Gasteiger partial charge in [0.25, 0.3) is 0 Å². The summed E-state index contributed by atoms with van der Waals surface area (Å²) in [6.45, 7) is 7.47. The predicted molar refractivity (Wildman–Crippen MR) is 71.4 cm³/mol. The lowest BCUT2D eigenvalue weighted by Crippen LogP contribution is -2.45. The van der Waals surface area contributed by atoms with Crippen LogP contribution in [0.1, 0.15) is 33.1 Å². The smallest absolute Gasteiger partial charge is 0.0581 e. The van der Waals surface area contributed by atoms with Crippen LogP contribution < -0.4 is 0 Å². The van der Waals surface area contributed by atoms with Crippen molar-refractivity contribution in [3.8, 4) is 0 Å². The maximum Gasteiger partial charge on any atom is 0.0581 e.